The fourth-order valence-corrected chi connectivity index (χ4v) is 7.29. The second-order valence-electron chi connectivity index (χ2n) is 11.3. The molecule has 0 aliphatic heterocycles. The van der Waals surface area contributed by atoms with Crippen LogP contribution in [-0.2, 0) is 0 Å². The maximum atomic E-state index is 6.18. The maximum absolute atomic E-state index is 6.18. The lowest BCUT2D eigenvalue weighted by atomic mass is 10.1. The van der Waals surface area contributed by atoms with E-state index in [1.807, 2.05) is 12.1 Å². The summed E-state index contributed by atoms with van der Waals surface area (Å²) in [7, 11) is 0. The lowest BCUT2D eigenvalue weighted by molar-refractivity contribution is 0.669. The zero-order valence-corrected chi connectivity index (χ0v) is 23.2. The van der Waals surface area contributed by atoms with Gasteiger partial charge in [-0.05, 0) is 53.9 Å². The first kappa shape index (κ1) is 22.8. The molecule has 0 atom stereocenters. The first-order valence-electron chi connectivity index (χ1n) is 14.7. The molecule has 0 aliphatic carbocycles. The molecule has 0 unspecified atom stereocenters. The van der Waals surface area contributed by atoms with Gasteiger partial charge in [0, 0.05) is 43.4 Å². The van der Waals surface area contributed by atoms with Crippen LogP contribution in [-0.4, -0.2) is 9.13 Å². The minimum Gasteiger partial charge on any atom is -0.456 e. The van der Waals surface area contributed by atoms with E-state index in [4.69, 9.17) is 4.42 Å². The second-order valence-corrected chi connectivity index (χ2v) is 11.3. The number of hydrogen-bond acceptors (Lipinski definition) is 1. The van der Waals surface area contributed by atoms with Crippen LogP contribution in [0.4, 0.5) is 0 Å². The van der Waals surface area contributed by atoms with Gasteiger partial charge in [-0.25, -0.2) is 0 Å². The Hall–Kier alpha value is -5.80. The third-order valence-corrected chi connectivity index (χ3v) is 9.10. The maximum Gasteiger partial charge on any atom is 0.135 e. The zero-order chi connectivity index (χ0) is 28.1. The molecule has 0 saturated heterocycles. The highest BCUT2D eigenvalue weighted by Gasteiger charge is 2.21. The number of hydrogen-bond donors (Lipinski definition) is 0. The average molecular weight is 549 g/mol. The van der Waals surface area contributed by atoms with Gasteiger partial charge in [0.1, 0.15) is 11.2 Å². The van der Waals surface area contributed by atoms with Gasteiger partial charge in [-0.2, -0.15) is 0 Å². The predicted octanol–water partition coefficient (Wildman–Crippen LogP) is 10.9. The second kappa shape index (κ2) is 8.37. The fraction of sp³-hybridized carbons (Fsp3) is 0. The van der Waals surface area contributed by atoms with Crippen molar-refractivity contribution in [2.75, 3.05) is 0 Å². The Morgan fingerprint density at radius 1 is 0.395 bits per heavy atom. The van der Waals surface area contributed by atoms with Gasteiger partial charge >= 0.3 is 0 Å². The number of aromatic nitrogens is 2. The summed E-state index contributed by atoms with van der Waals surface area (Å²) in [6.45, 7) is 0. The van der Waals surface area contributed by atoms with Gasteiger partial charge < -0.3 is 13.6 Å². The molecule has 3 heterocycles. The van der Waals surface area contributed by atoms with E-state index in [2.05, 4.69) is 143 Å². The van der Waals surface area contributed by atoms with Crippen LogP contribution in [0.2, 0.25) is 0 Å². The van der Waals surface area contributed by atoms with Gasteiger partial charge in [0.2, 0.25) is 0 Å². The van der Waals surface area contributed by atoms with Crippen LogP contribution in [0.5, 0.6) is 0 Å². The number of para-hydroxylation sites is 3. The highest BCUT2D eigenvalue weighted by molar-refractivity contribution is 6.26. The third-order valence-electron chi connectivity index (χ3n) is 9.10. The van der Waals surface area contributed by atoms with Crippen LogP contribution in [0.15, 0.2) is 150 Å². The van der Waals surface area contributed by atoms with Crippen molar-refractivity contribution < 1.29 is 4.42 Å². The number of benzene rings is 7. The molecule has 3 heteroatoms. The minimum absolute atomic E-state index is 0.907. The van der Waals surface area contributed by atoms with Crippen molar-refractivity contribution in [2.45, 2.75) is 0 Å². The molecule has 0 fully saturated rings. The van der Waals surface area contributed by atoms with E-state index in [-0.39, 0.29) is 0 Å². The molecule has 3 nitrogen and oxygen atoms in total. The average Bonchev–Trinajstić information content (AvgIpc) is 3.72. The number of rotatable bonds is 2. The summed E-state index contributed by atoms with van der Waals surface area (Å²) in [5.41, 5.74) is 8.96. The number of furan rings is 1. The van der Waals surface area contributed by atoms with E-state index in [0.29, 0.717) is 0 Å². The van der Waals surface area contributed by atoms with Gasteiger partial charge in [-0.15, -0.1) is 0 Å². The zero-order valence-electron chi connectivity index (χ0n) is 23.2. The lowest BCUT2D eigenvalue weighted by Gasteiger charge is -2.12. The number of nitrogens with zero attached hydrogens (tertiary/aromatic N) is 2. The Morgan fingerprint density at radius 3 is 1.95 bits per heavy atom. The third kappa shape index (κ3) is 3.03. The highest BCUT2D eigenvalue weighted by atomic mass is 16.3. The molecule has 0 saturated carbocycles. The van der Waals surface area contributed by atoms with Crippen LogP contribution in [0.3, 0.4) is 0 Å². The summed E-state index contributed by atoms with van der Waals surface area (Å²) in [6, 6.07) is 52.4. The Bertz CT molecular complexity index is 2730. The molecule has 7 aromatic carbocycles. The summed E-state index contributed by atoms with van der Waals surface area (Å²) in [5, 5.41) is 9.76. The van der Waals surface area contributed by atoms with Crippen molar-refractivity contribution in [3.05, 3.63) is 146 Å². The normalized spacial score (nSPS) is 12.2. The van der Waals surface area contributed by atoms with E-state index < -0.39 is 0 Å². The van der Waals surface area contributed by atoms with Gasteiger partial charge in [-0.1, -0.05) is 97.1 Å². The monoisotopic (exact) mass is 548 g/mol. The van der Waals surface area contributed by atoms with Crippen molar-refractivity contribution >= 4 is 76.3 Å². The summed E-state index contributed by atoms with van der Waals surface area (Å²) >= 11 is 0. The highest BCUT2D eigenvalue weighted by Crippen LogP contribution is 2.43. The summed E-state index contributed by atoms with van der Waals surface area (Å²) in [5.74, 6) is 0. The molecule has 0 amide bonds. The van der Waals surface area contributed by atoms with E-state index >= 15 is 0 Å². The van der Waals surface area contributed by atoms with Gasteiger partial charge in [0.05, 0.1) is 27.8 Å². The number of fused-ring (bicyclic) bond motifs is 11. The first-order chi connectivity index (χ1) is 21.3. The van der Waals surface area contributed by atoms with E-state index in [9.17, 15) is 0 Å². The molecule has 0 aliphatic rings. The van der Waals surface area contributed by atoms with Crippen LogP contribution in [0.25, 0.3) is 87.7 Å². The smallest absolute Gasteiger partial charge is 0.135 e. The summed E-state index contributed by atoms with van der Waals surface area (Å²) in [6.07, 6.45) is 0. The molecule has 0 bridgehead atoms. The van der Waals surface area contributed by atoms with Crippen LogP contribution in [0.1, 0.15) is 0 Å². The molecule has 43 heavy (non-hydrogen) atoms. The quantitative estimate of drug-likeness (QED) is 0.211. The minimum atomic E-state index is 0.907. The Kier molecular flexibility index (Phi) is 4.45. The fourth-order valence-electron chi connectivity index (χ4n) is 7.29. The Morgan fingerprint density at radius 2 is 1.07 bits per heavy atom. The molecule has 0 N–H and O–H groups in total. The van der Waals surface area contributed by atoms with Crippen molar-refractivity contribution in [3.8, 4) is 11.4 Å². The standard InChI is InChI=1S/C40H24N2O/c1-2-12-27-25(10-1)11-9-18-33(27)42-34-16-6-3-13-28(34)30-21-22-36-39(40(30)42)31-15-4-7-17-35(31)41(36)26-20-23-38-32(24-26)29-14-5-8-19-37(29)43-38/h1-24H. The van der Waals surface area contributed by atoms with Crippen molar-refractivity contribution in [1.29, 1.82) is 0 Å². The van der Waals surface area contributed by atoms with Crippen molar-refractivity contribution in [3.63, 3.8) is 0 Å². The molecule has 10 aromatic rings. The van der Waals surface area contributed by atoms with E-state index in [1.54, 1.807) is 0 Å². The topological polar surface area (TPSA) is 23.0 Å². The van der Waals surface area contributed by atoms with Crippen LogP contribution in [0, 0.1) is 0 Å². The van der Waals surface area contributed by atoms with Gasteiger partial charge in [0.15, 0.2) is 0 Å². The SMILES string of the molecule is c1ccc2c(-n3c4ccccc4c4ccc5c(c6ccccc6n5-c5ccc6oc7ccccc7c6c5)c43)cccc2c1. The largest absolute Gasteiger partial charge is 0.456 e. The van der Waals surface area contributed by atoms with E-state index in [0.717, 1.165) is 27.6 Å². The van der Waals surface area contributed by atoms with Gasteiger partial charge in [0.25, 0.3) is 0 Å². The van der Waals surface area contributed by atoms with Crippen LogP contribution >= 0.6 is 0 Å². The first-order valence-corrected chi connectivity index (χ1v) is 14.7. The summed E-state index contributed by atoms with van der Waals surface area (Å²) in [4.78, 5) is 0. The molecular weight excluding hydrogens is 524 g/mol. The Balaban J connectivity index is 1.39. The molecule has 3 aromatic heterocycles. The van der Waals surface area contributed by atoms with Gasteiger partial charge in [-0.3, -0.25) is 0 Å². The van der Waals surface area contributed by atoms with Crippen molar-refractivity contribution in [1.82, 2.24) is 9.13 Å². The molecule has 200 valence electrons. The van der Waals surface area contributed by atoms with Crippen molar-refractivity contribution in [2.24, 2.45) is 0 Å². The van der Waals surface area contributed by atoms with Crippen LogP contribution < -0.4 is 0 Å². The molecule has 0 spiro atoms. The molecular formula is C40H24N2O. The molecule has 0 radical (unpaired) electrons. The lowest BCUT2D eigenvalue weighted by Crippen LogP contribution is -1.96. The summed E-state index contributed by atoms with van der Waals surface area (Å²) < 4.78 is 11.1. The van der Waals surface area contributed by atoms with E-state index in [1.165, 1.54) is 60.1 Å². The predicted molar refractivity (Wildman–Crippen MR) is 180 cm³/mol. The molecule has 10 rings (SSSR count). The Labute approximate surface area is 246 Å².